The van der Waals surface area contributed by atoms with Crippen LogP contribution in [0.3, 0.4) is 0 Å². The largest absolute Gasteiger partial charge is 0.310 e. The number of para-hydroxylation sites is 3. The van der Waals surface area contributed by atoms with E-state index in [0.717, 1.165) is 22.7 Å². The Balaban J connectivity index is 1.04. The molecule has 12 rings (SSSR count). The van der Waals surface area contributed by atoms with Crippen LogP contribution in [0.1, 0.15) is 22.3 Å². The van der Waals surface area contributed by atoms with Gasteiger partial charge in [-0.2, -0.15) is 0 Å². The van der Waals surface area contributed by atoms with Gasteiger partial charge in [0, 0.05) is 33.5 Å². The zero-order valence-corrected chi connectivity index (χ0v) is 34.6. The van der Waals surface area contributed by atoms with Gasteiger partial charge in [-0.1, -0.05) is 188 Å². The predicted molar refractivity (Wildman–Crippen MR) is 264 cm³/mol. The van der Waals surface area contributed by atoms with E-state index in [0.29, 0.717) is 0 Å². The Hall–Kier alpha value is -8.20. The molecule has 11 aromatic rings. The van der Waals surface area contributed by atoms with Crippen LogP contribution >= 0.6 is 0 Å². The highest BCUT2D eigenvalue weighted by molar-refractivity contribution is 6.12. The second kappa shape index (κ2) is 15.1. The number of benzene rings is 10. The van der Waals surface area contributed by atoms with Crippen LogP contribution in [0.25, 0.3) is 60.9 Å². The Kier molecular flexibility index (Phi) is 8.76. The Morgan fingerprint density at radius 3 is 1.51 bits per heavy atom. The first-order chi connectivity index (χ1) is 31.3. The predicted octanol–water partition coefficient (Wildman–Crippen LogP) is 16.0. The first-order valence-electron chi connectivity index (χ1n) is 21.8. The lowest BCUT2D eigenvalue weighted by Gasteiger charge is -2.35. The number of anilines is 3. The molecule has 0 fully saturated rings. The minimum Gasteiger partial charge on any atom is -0.310 e. The minimum atomic E-state index is -0.493. The summed E-state index contributed by atoms with van der Waals surface area (Å²) in [5.41, 5.74) is 18.8. The van der Waals surface area contributed by atoms with Crippen molar-refractivity contribution in [1.82, 2.24) is 4.57 Å². The van der Waals surface area contributed by atoms with E-state index in [-0.39, 0.29) is 0 Å². The molecular formula is C61H42N2. The lowest BCUT2D eigenvalue weighted by molar-refractivity contribution is 0.768. The van der Waals surface area contributed by atoms with E-state index in [2.05, 4.69) is 264 Å². The molecule has 0 unspecified atom stereocenters. The lowest BCUT2D eigenvalue weighted by Crippen LogP contribution is -2.28. The minimum absolute atomic E-state index is 0.493. The highest BCUT2D eigenvalue weighted by atomic mass is 15.1. The van der Waals surface area contributed by atoms with E-state index >= 15 is 0 Å². The van der Waals surface area contributed by atoms with Gasteiger partial charge in [-0.05, 0) is 122 Å². The van der Waals surface area contributed by atoms with Gasteiger partial charge in [-0.25, -0.2) is 0 Å². The van der Waals surface area contributed by atoms with E-state index in [1.54, 1.807) is 0 Å². The fourth-order valence-electron chi connectivity index (χ4n) is 10.4. The first kappa shape index (κ1) is 36.6. The summed E-state index contributed by atoms with van der Waals surface area (Å²) in [6.45, 7) is 0. The van der Waals surface area contributed by atoms with Crippen molar-refractivity contribution < 1.29 is 0 Å². The molecule has 1 aromatic heterocycles. The fraction of sp³-hybridized carbons (Fsp3) is 0.0164. The van der Waals surface area contributed by atoms with Crippen LogP contribution in [-0.4, -0.2) is 4.57 Å². The van der Waals surface area contributed by atoms with Gasteiger partial charge >= 0.3 is 0 Å². The molecule has 2 heteroatoms. The van der Waals surface area contributed by atoms with E-state index in [1.165, 1.54) is 77.4 Å². The maximum absolute atomic E-state index is 2.44. The Morgan fingerprint density at radius 1 is 0.302 bits per heavy atom. The molecule has 1 aliphatic carbocycles. The quantitative estimate of drug-likeness (QED) is 0.149. The van der Waals surface area contributed by atoms with E-state index in [4.69, 9.17) is 0 Å². The summed E-state index contributed by atoms with van der Waals surface area (Å²) in [7, 11) is 0. The zero-order valence-electron chi connectivity index (χ0n) is 34.6. The van der Waals surface area contributed by atoms with Gasteiger partial charge in [-0.15, -0.1) is 0 Å². The van der Waals surface area contributed by atoms with Crippen LogP contribution in [0, 0.1) is 0 Å². The Labute approximate surface area is 368 Å². The van der Waals surface area contributed by atoms with Gasteiger partial charge in [-0.3, -0.25) is 0 Å². The van der Waals surface area contributed by atoms with Gasteiger partial charge in [0.05, 0.1) is 16.4 Å². The van der Waals surface area contributed by atoms with Crippen molar-refractivity contribution in [3.05, 3.63) is 277 Å². The number of fused-ring (bicyclic) bond motifs is 6. The maximum Gasteiger partial charge on any atom is 0.0714 e. The molecule has 0 saturated carbocycles. The topological polar surface area (TPSA) is 8.17 Å². The summed E-state index contributed by atoms with van der Waals surface area (Å²) < 4.78 is 2.40. The van der Waals surface area contributed by atoms with Crippen molar-refractivity contribution >= 4 is 38.9 Å². The van der Waals surface area contributed by atoms with E-state index in [9.17, 15) is 0 Å². The number of hydrogen-bond donors (Lipinski definition) is 0. The summed E-state index contributed by atoms with van der Waals surface area (Å²) in [5.74, 6) is 0. The summed E-state index contributed by atoms with van der Waals surface area (Å²) in [6.07, 6.45) is 0. The van der Waals surface area contributed by atoms with Gasteiger partial charge in [0.25, 0.3) is 0 Å². The molecule has 0 bridgehead atoms. The summed E-state index contributed by atoms with van der Waals surface area (Å²) in [4.78, 5) is 2.41. The molecule has 0 aliphatic heterocycles. The third kappa shape index (κ3) is 5.87. The summed E-state index contributed by atoms with van der Waals surface area (Å²) in [6, 6.07) is 93.2. The van der Waals surface area contributed by atoms with Crippen LogP contribution in [0.5, 0.6) is 0 Å². The molecule has 10 aromatic carbocycles. The first-order valence-corrected chi connectivity index (χ1v) is 21.8. The maximum atomic E-state index is 2.44. The van der Waals surface area contributed by atoms with E-state index in [1.807, 2.05) is 0 Å². The Morgan fingerprint density at radius 2 is 0.810 bits per heavy atom. The highest BCUT2D eigenvalue weighted by Crippen LogP contribution is 2.57. The number of aromatic nitrogens is 1. The van der Waals surface area contributed by atoms with Crippen LogP contribution in [0.4, 0.5) is 17.1 Å². The van der Waals surface area contributed by atoms with Crippen LogP contribution in [-0.2, 0) is 5.41 Å². The molecule has 0 saturated heterocycles. The number of nitrogens with zero attached hydrogens (tertiary/aromatic N) is 2. The van der Waals surface area contributed by atoms with Gasteiger partial charge in [0.1, 0.15) is 0 Å². The molecule has 1 heterocycles. The molecule has 0 N–H and O–H groups in total. The monoisotopic (exact) mass is 802 g/mol. The molecule has 0 spiro atoms. The smallest absolute Gasteiger partial charge is 0.0714 e. The van der Waals surface area contributed by atoms with Gasteiger partial charge < -0.3 is 9.47 Å². The number of hydrogen-bond acceptors (Lipinski definition) is 1. The van der Waals surface area contributed by atoms with Gasteiger partial charge in [0.15, 0.2) is 0 Å². The second-order valence-electron chi connectivity index (χ2n) is 16.4. The Bertz CT molecular complexity index is 3370. The van der Waals surface area contributed by atoms with Gasteiger partial charge in [0.2, 0.25) is 0 Å². The van der Waals surface area contributed by atoms with Crippen LogP contribution < -0.4 is 4.90 Å². The second-order valence-corrected chi connectivity index (χ2v) is 16.4. The van der Waals surface area contributed by atoms with Crippen molar-refractivity contribution in [2.75, 3.05) is 4.90 Å². The van der Waals surface area contributed by atoms with E-state index < -0.39 is 5.41 Å². The molecule has 63 heavy (non-hydrogen) atoms. The molecule has 1 aliphatic rings. The lowest BCUT2D eigenvalue weighted by atomic mass is 9.67. The normalized spacial score (nSPS) is 12.6. The highest BCUT2D eigenvalue weighted by Gasteiger charge is 2.46. The molecule has 2 nitrogen and oxygen atoms in total. The standard InChI is InChI=1S/C61H42N2/c1-6-20-43(21-7-1)55-42-60-56(53-31-17-19-33-59(53)63(60)48-28-14-5-15-29-48)41-54(55)44-34-36-49(37-35-44)62(47-26-12-4-13-27-47)50-38-39-52-51-30-16-18-32-57(51)61(58(52)40-50,45-22-8-2-9-23-45)46-24-10-3-11-25-46/h1-42H. The van der Waals surface area contributed by atoms with Crippen molar-refractivity contribution in [3.8, 4) is 39.1 Å². The summed E-state index contributed by atoms with van der Waals surface area (Å²) in [5, 5.41) is 2.48. The average Bonchev–Trinajstić information content (AvgIpc) is 3.85. The fourth-order valence-corrected chi connectivity index (χ4v) is 10.4. The van der Waals surface area contributed by atoms with Crippen molar-refractivity contribution in [1.29, 1.82) is 0 Å². The molecule has 296 valence electrons. The average molecular weight is 803 g/mol. The number of rotatable bonds is 8. The summed E-state index contributed by atoms with van der Waals surface area (Å²) >= 11 is 0. The zero-order chi connectivity index (χ0) is 41.7. The molecule has 0 amide bonds. The van der Waals surface area contributed by atoms with Crippen molar-refractivity contribution in [2.45, 2.75) is 5.41 Å². The SMILES string of the molecule is c1ccc(-c2cc3c(cc2-c2ccc(N(c4ccccc4)c4ccc5c(c4)C(c4ccccc4)(c4ccccc4)c4ccccc4-5)cc2)c2ccccc2n3-c2ccccc2)cc1. The van der Waals surface area contributed by atoms with Crippen molar-refractivity contribution in [3.63, 3.8) is 0 Å². The van der Waals surface area contributed by atoms with Crippen LogP contribution in [0.2, 0.25) is 0 Å². The van der Waals surface area contributed by atoms with Crippen LogP contribution in [0.15, 0.2) is 255 Å². The molecule has 0 atom stereocenters. The molecular weight excluding hydrogens is 761 g/mol. The third-order valence-electron chi connectivity index (χ3n) is 13.1. The third-order valence-corrected chi connectivity index (χ3v) is 13.1. The van der Waals surface area contributed by atoms with Crippen molar-refractivity contribution in [2.24, 2.45) is 0 Å². The molecule has 0 radical (unpaired) electrons.